The third-order valence-electron chi connectivity index (χ3n) is 3.72. The molecule has 0 fully saturated rings. The van der Waals surface area contributed by atoms with Crippen LogP contribution in [-0.2, 0) is 0 Å². The maximum Gasteiger partial charge on any atom is 0.269 e. The van der Waals surface area contributed by atoms with Crippen LogP contribution in [0.3, 0.4) is 0 Å². The third-order valence-corrected chi connectivity index (χ3v) is 3.72. The van der Waals surface area contributed by atoms with E-state index in [1.54, 1.807) is 24.3 Å². The van der Waals surface area contributed by atoms with E-state index < -0.39 is 4.92 Å². The van der Waals surface area contributed by atoms with Crippen LogP contribution in [0.15, 0.2) is 54.6 Å². The first-order chi connectivity index (χ1) is 12.9. The van der Waals surface area contributed by atoms with Crippen LogP contribution in [0.5, 0.6) is 0 Å². The molecule has 0 aliphatic rings. The predicted molar refractivity (Wildman–Crippen MR) is 102 cm³/mol. The van der Waals surface area contributed by atoms with Gasteiger partial charge in [0.1, 0.15) is 0 Å². The molecule has 136 valence electrons. The number of amides is 1. The number of carbonyl (C=O) groups is 1. The maximum absolute atomic E-state index is 12.2. The first kappa shape index (κ1) is 18.0. The highest BCUT2D eigenvalue weighted by molar-refractivity contribution is 6.04. The van der Waals surface area contributed by atoms with E-state index in [0.29, 0.717) is 17.2 Å². The van der Waals surface area contributed by atoms with E-state index in [9.17, 15) is 14.9 Å². The molecule has 27 heavy (non-hydrogen) atoms. The van der Waals surface area contributed by atoms with Gasteiger partial charge in [-0.3, -0.25) is 14.9 Å². The summed E-state index contributed by atoms with van der Waals surface area (Å²) >= 11 is 0. The highest BCUT2D eigenvalue weighted by atomic mass is 16.6. The zero-order valence-electron chi connectivity index (χ0n) is 14.8. The Morgan fingerprint density at radius 1 is 0.926 bits per heavy atom. The number of hydrogen-bond acceptors (Lipinski definition) is 6. The van der Waals surface area contributed by atoms with Crippen molar-refractivity contribution in [3.63, 3.8) is 0 Å². The van der Waals surface area contributed by atoms with E-state index in [1.807, 2.05) is 19.9 Å². The summed E-state index contributed by atoms with van der Waals surface area (Å²) in [5.41, 5.74) is 3.41. The quantitative estimate of drug-likeness (QED) is 0.524. The summed E-state index contributed by atoms with van der Waals surface area (Å²) in [5, 5.41) is 16.5. The maximum atomic E-state index is 12.2. The average Bonchev–Trinajstić information content (AvgIpc) is 2.62. The molecule has 3 aromatic rings. The summed E-state index contributed by atoms with van der Waals surface area (Å²) < 4.78 is 0. The average molecular weight is 363 g/mol. The van der Waals surface area contributed by atoms with Crippen LogP contribution in [0.4, 0.5) is 23.0 Å². The third kappa shape index (κ3) is 4.63. The van der Waals surface area contributed by atoms with Crippen LogP contribution < -0.4 is 10.6 Å². The van der Waals surface area contributed by atoms with E-state index in [2.05, 4.69) is 20.6 Å². The van der Waals surface area contributed by atoms with Gasteiger partial charge in [0.15, 0.2) is 0 Å². The van der Waals surface area contributed by atoms with Gasteiger partial charge in [0, 0.05) is 40.5 Å². The van der Waals surface area contributed by atoms with Crippen molar-refractivity contribution >= 4 is 28.9 Å². The van der Waals surface area contributed by atoms with E-state index in [0.717, 1.165) is 17.1 Å². The van der Waals surface area contributed by atoms with Crippen molar-refractivity contribution in [1.29, 1.82) is 0 Å². The zero-order valence-corrected chi connectivity index (χ0v) is 14.8. The lowest BCUT2D eigenvalue weighted by molar-refractivity contribution is -0.384. The van der Waals surface area contributed by atoms with E-state index in [-0.39, 0.29) is 11.6 Å². The smallest absolute Gasteiger partial charge is 0.269 e. The molecule has 2 aromatic carbocycles. The molecule has 8 heteroatoms. The van der Waals surface area contributed by atoms with E-state index >= 15 is 0 Å². The monoisotopic (exact) mass is 363 g/mol. The summed E-state index contributed by atoms with van der Waals surface area (Å²) in [7, 11) is 0. The van der Waals surface area contributed by atoms with Gasteiger partial charge in [0.25, 0.3) is 11.6 Å². The van der Waals surface area contributed by atoms with Gasteiger partial charge in [-0.15, -0.1) is 0 Å². The Morgan fingerprint density at radius 2 is 1.48 bits per heavy atom. The SMILES string of the molecule is Cc1cc(C)nc(Nc2ccc(NC(=O)c3ccc([N+](=O)[O-])cc3)cc2)n1. The standard InChI is InChI=1S/C19H17N5O3/c1-12-11-13(2)21-19(20-12)23-16-7-5-15(6-8-16)22-18(25)14-3-9-17(10-4-14)24(26)27/h3-11H,1-2H3,(H,22,25)(H,20,21,23). The van der Waals surface area contributed by atoms with Gasteiger partial charge < -0.3 is 10.6 Å². The van der Waals surface area contributed by atoms with Crippen LogP contribution in [-0.4, -0.2) is 20.8 Å². The molecular formula is C19H17N5O3. The molecule has 1 amide bonds. The number of nitro groups is 1. The fourth-order valence-corrected chi connectivity index (χ4v) is 2.49. The Kier molecular flexibility index (Phi) is 5.07. The molecular weight excluding hydrogens is 346 g/mol. The molecule has 1 aromatic heterocycles. The second-order valence-corrected chi connectivity index (χ2v) is 5.93. The molecule has 0 saturated carbocycles. The van der Waals surface area contributed by atoms with Gasteiger partial charge in [-0.2, -0.15) is 0 Å². The number of aromatic nitrogens is 2. The zero-order chi connectivity index (χ0) is 19.4. The number of aryl methyl sites for hydroxylation is 2. The van der Waals surface area contributed by atoms with Gasteiger partial charge in [-0.1, -0.05) is 0 Å². The first-order valence-electron chi connectivity index (χ1n) is 8.16. The first-order valence-corrected chi connectivity index (χ1v) is 8.16. The molecule has 0 bridgehead atoms. The lowest BCUT2D eigenvalue weighted by Crippen LogP contribution is -2.11. The molecule has 0 saturated heterocycles. The second-order valence-electron chi connectivity index (χ2n) is 5.93. The minimum absolute atomic E-state index is 0.0596. The fraction of sp³-hybridized carbons (Fsp3) is 0.105. The normalized spacial score (nSPS) is 10.3. The second kappa shape index (κ2) is 7.61. The van der Waals surface area contributed by atoms with Crippen LogP contribution in [0.2, 0.25) is 0 Å². The van der Waals surface area contributed by atoms with Crippen molar-refractivity contribution in [3.05, 3.63) is 81.7 Å². The minimum atomic E-state index is -0.507. The fourth-order valence-electron chi connectivity index (χ4n) is 2.49. The number of nitrogens with one attached hydrogen (secondary N) is 2. The van der Waals surface area contributed by atoms with Gasteiger partial charge in [0.05, 0.1) is 4.92 Å². The number of anilines is 3. The lowest BCUT2D eigenvalue weighted by atomic mass is 10.2. The van der Waals surface area contributed by atoms with Crippen molar-refractivity contribution in [2.75, 3.05) is 10.6 Å². The summed E-state index contributed by atoms with van der Waals surface area (Å²) in [5.74, 6) is 0.165. The van der Waals surface area contributed by atoms with Crippen LogP contribution >= 0.6 is 0 Å². The Labute approximate surface area is 155 Å². The molecule has 0 aliphatic carbocycles. The summed E-state index contributed by atoms with van der Waals surface area (Å²) in [6, 6.07) is 14.4. The van der Waals surface area contributed by atoms with E-state index in [1.165, 1.54) is 24.3 Å². The Balaban J connectivity index is 1.66. The van der Waals surface area contributed by atoms with Gasteiger partial charge in [-0.05, 0) is 56.3 Å². The number of hydrogen-bond donors (Lipinski definition) is 2. The van der Waals surface area contributed by atoms with Crippen LogP contribution in [0, 0.1) is 24.0 Å². The molecule has 8 nitrogen and oxygen atoms in total. The Hall–Kier alpha value is -3.81. The molecule has 0 spiro atoms. The summed E-state index contributed by atoms with van der Waals surface area (Å²) in [4.78, 5) is 31.0. The number of non-ortho nitro benzene ring substituents is 1. The van der Waals surface area contributed by atoms with E-state index in [4.69, 9.17) is 0 Å². The highest BCUT2D eigenvalue weighted by Crippen LogP contribution is 2.18. The lowest BCUT2D eigenvalue weighted by Gasteiger charge is -2.09. The number of carbonyl (C=O) groups excluding carboxylic acids is 1. The molecule has 2 N–H and O–H groups in total. The topological polar surface area (TPSA) is 110 Å². The number of nitro benzene ring substituents is 1. The van der Waals surface area contributed by atoms with Crippen molar-refractivity contribution in [1.82, 2.24) is 9.97 Å². The Morgan fingerprint density at radius 3 is 2.04 bits per heavy atom. The van der Waals surface area contributed by atoms with Crippen LogP contribution in [0.1, 0.15) is 21.7 Å². The van der Waals surface area contributed by atoms with Gasteiger partial charge in [0.2, 0.25) is 5.95 Å². The van der Waals surface area contributed by atoms with Crippen LogP contribution in [0.25, 0.3) is 0 Å². The molecule has 0 atom stereocenters. The Bertz CT molecular complexity index is 965. The number of rotatable bonds is 5. The van der Waals surface area contributed by atoms with Crippen molar-refractivity contribution in [2.24, 2.45) is 0 Å². The van der Waals surface area contributed by atoms with Gasteiger partial charge >= 0.3 is 0 Å². The minimum Gasteiger partial charge on any atom is -0.324 e. The highest BCUT2D eigenvalue weighted by Gasteiger charge is 2.10. The molecule has 0 unspecified atom stereocenters. The van der Waals surface area contributed by atoms with Crippen molar-refractivity contribution in [2.45, 2.75) is 13.8 Å². The number of benzene rings is 2. The predicted octanol–water partition coefficient (Wildman–Crippen LogP) is 4.00. The molecule has 1 heterocycles. The summed E-state index contributed by atoms with van der Waals surface area (Å²) in [6.45, 7) is 3.80. The summed E-state index contributed by atoms with van der Waals surface area (Å²) in [6.07, 6.45) is 0. The molecule has 3 rings (SSSR count). The number of nitrogens with zero attached hydrogens (tertiary/aromatic N) is 3. The molecule has 0 aliphatic heterocycles. The van der Waals surface area contributed by atoms with Crippen molar-refractivity contribution in [3.8, 4) is 0 Å². The molecule has 0 radical (unpaired) electrons. The van der Waals surface area contributed by atoms with Crippen molar-refractivity contribution < 1.29 is 9.72 Å². The largest absolute Gasteiger partial charge is 0.324 e. The van der Waals surface area contributed by atoms with Gasteiger partial charge in [-0.25, -0.2) is 9.97 Å².